The van der Waals surface area contributed by atoms with Gasteiger partial charge in [0.15, 0.2) is 6.61 Å². The summed E-state index contributed by atoms with van der Waals surface area (Å²) >= 11 is 0. The molecule has 0 saturated heterocycles. The average molecular weight is 493 g/mol. The fraction of sp³-hybridized carbons (Fsp3) is 0.160. The van der Waals surface area contributed by atoms with E-state index in [1.54, 1.807) is 60.7 Å². The Labute approximate surface area is 204 Å². The topological polar surface area (TPSA) is 121 Å². The second-order valence-corrected chi connectivity index (χ2v) is 9.25. The number of ether oxygens (including phenoxy) is 2. The molecule has 0 spiro atoms. The molecule has 9 nitrogen and oxygen atoms in total. The largest absolute Gasteiger partial charge is 0.479 e. The van der Waals surface area contributed by atoms with Crippen molar-refractivity contribution in [2.24, 2.45) is 5.10 Å². The van der Waals surface area contributed by atoms with Crippen LogP contribution in [0.3, 0.4) is 0 Å². The second-order valence-electron chi connectivity index (χ2n) is 7.39. The van der Waals surface area contributed by atoms with Gasteiger partial charge in [-0.1, -0.05) is 18.2 Å². The summed E-state index contributed by atoms with van der Waals surface area (Å²) in [4.78, 5) is 12.7. The third-order valence-corrected chi connectivity index (χ3v) is 5.97. The number of benzene rings is 3. The van der Waals surface area contributed by atoms with Gasteiger partial charge in [0, 0.05) is 0 Å². The van der Waals surface area contributed by atoms with Crippen LogP contribution in [0.25, 0.3) is 0 Å². The maximum Gasteiger partial charge on any atom is 0.263 e. The molecule has 1 atom stereocenters. The Balaban J connectivity index is 1.67. The van der Waals surface area contributed by atoms with Crippen molar-refractivity contribution in [3.8, 4) is 23.3 Å². The number of para-hydroxylation sites is 1. The van der Waals surface area contributed by atoms with E-state index >= 15 is 0 Å². The predicted octanol–water partition coefficient (Wildman–Crippen LogP) is 3.69. The van der Waals surface area contributed by atoms with Gasteiger partial charge >= 0.3 is 0 Å². The summed E-state index contributed by atoms with van der Waals surface area (Å²) in [5.41, 5.74) is 3.36. The number of hydrogen-bond donors (Lipinski definition) is 1. The number of nitrogens with zero attached hydrogens (tertiary/aromatic N) is 3. The van der Waals surface area contributed by atoms with Gasteiger partial charge in [0.25, 0.3) is 5.91 Å². The van der Waals surface area contributed by atoms with Crippen molar-refractivity contribution in [1.82, 2.24) is 5.43 Å². The standard InChI is InChI=1S/C25H24N4O5S/c1-19(25(30)28-27-18-20-8-12-22(13-9-20)33-17-16-26)29(35(2,31)32)21-10-14-24(15-11-21)34-23-6-4-3-5-7-23/h3-15,18-19H,17H2,1-2H3,(H,28,30)/b27-18-/t19-/m0/s1. The SMILES string of the molecule is C[C@@H](C(=O)N/N=C\c1ccc(OCC#N)cc1)N(c1ccc(Oc2ccccc2)cc1)S(C)(=O)=O. The van der Waals surface area contributed by atoms with E-state index < -0.39 is 22.0 Å². The van der Waals surface area contributed by atoms with E-state index in [1.807, 2.05) is 24.3 Å². The lowest BCUT2D eigenvalue weighted by molar-refractivity contribution is -0.121. The third kappa shape index (κ3) is 7.31. The number of nitrogens with one attached hydrogen (secondary N) is 1. The van der Waals surface area contributed by atoms with Crippen molar-refractivity contribution in [2.75, 3.05) is 17.2 Å². The highest BCUT2D eigenvalue weighted by Gasteiger charge is 2.29. The molecule has 0 unspecified atom stereocenters. The number of hydrogen-bond acceptors (Lipinski definition) is 7. The van der Waals surface area contributed by atoms with Crippen LogP contribution in [-0.4, -0.2) is 39.4 Å². The third-order valence-electron chi connectivity index (χ3n) is 4.73. The Morgan fingerprint density at radius 2 is 1.63 bits per heavy atom. The van der Waals surface area contributed by atoms with Crippen LogP contribution < -0.4 is 19.2 Å². The van der Waals surface area contributed by atoms with Gasteiger partial charge in [-0.2, -0.15) is 10.4 Å². The highest BCUT2D eigenvalue weighted by atomic mass is 32.2. The van der Waals surface area contributed by atoms with Gasteiger partial charge in [0.1, 0.15) is 29.4 Å². The maximum absolute atomic E-state index is 12.7. The lowest BCUT2D eigenvalue weighted by Crippen LogP contribution is -2.46. The minimum atomic E-state index is -3.78. The van der Waals surface area contributed by atoms with Crippen LogP contribution in [0.2, 0.25) is 0 Å². The minimum absolute atomic E-state index is 0.0546. The van der Waals surface area contributed by atoms with E-state index in [-0.39, 0.29) is 6.61 Å². The summed E-state index contributed by atoms with van der Waals surface area (Å²) < 4.78 is 36.9. The molecule has 0 radical (unpaired) electrons. The van der Waals surface area contributed by atoms with Gasteiger partial charge in [0.05, 0.1) is 18.2 Å². The summed E-state index contributed by atoms with van der Waals surface area (Å²) in [6.07, 6.45) is 2.45. The molecule has 0 heterocycles. The average Bonchev–Trinajstić information content (AvgIpc) is 2.84. The molecule has 0 aliphatic carbocycles. The highest BCUT2D eigenvalue weighted by molar-refractivity contribution is 7.92. The number of hydrazone groups is 1. The summed E-state index contributed by atoms with van der Waals surface area (Å²) in [7, 11) is -3.78. The van der Waals surface area contributed by atoms with Crippen LogP contribution >= 0.6 is 0 Å². The summed E-state index contributed by atoms with van der Waals surface area (Å²) in [6.45, 7) is 1.42. The predicted molar refractivity (Wildman–Crippen MR) is 133 cm³/mol. The van der Waals surface area contributed by atoms with E-state index in [9.17, 15) is 13.2 Å². The normalized spacial score (nSPS) is 11.9. The molecular formula is C25H24N4O5S. The van der Waals surface area contributed by atoms with Crippen LogP contribution in [0.1, 0.15) is 12.5 Å². The monoisotopic (exact) mass is 492 g/mol. The van der Waals surface area contributed by atoms with E-state index in [0.717, 1.165) is 10.6 Å². The first-order chi connectivity index (χ1) is 16.8. The van der Waals surface area contributed by atoms with Crippen molar-refractivity contribution in [3.63, 3.8) is 0 Å². The van der Waals surface area contributed by atoms with Crippen molar-refractivity contribution in [2.45, 2.75) is 13.0 Å². The first kappa shape index (κ1) is 25.3. The number of sulfonamides is 1. The van der Waals surface area contributed by atoms with Gasteiger partial charge in [-0.15, -0.1) is 0 Å². The van der Waals surface area contributed by atoms with Gasteiger partial charge in [-0.25, -0.2) is 13.8 Å². The number of anilines is 1. The second kappa shape index (κ2) is 11.7. The molecule has 0 fully saturated rings. The van der Waals surface area contributed by atoms with Crippen LogP contribution in [-0.2, 0) is 14.8 Å². The van der Waals surface area contributed by atoms with Crippen molar-refractivity contribution in [3.05, 3.63) is 84.4 Å². The van der Waals surface area contributed by atoms with Crippen molar-refractivity contribution >= 4 is 27.8 Å². The first-order valence-corrected chi connectivity index (χ1v) is 12.4. The zero-order valence-corrected chi connectivity index (χ0v) is 20.0. The van der Waals surface area contributed by atoms with Crippen LogP contribution in [0.5, 0.6) is 17.2 Å². The number of carbonyl (C=O) groups excluding carboxylic acids is 1. The zero-order chi connectivity index (χ0) is 25.3. The lowest BCUT2D eigenvalue weighted by atomic mass is 10.2. The molecule has 180 valence electrons. The molecule has 10 heteroatoms. The Kier molecular flexibility index (Phi) is 8.43. The highest BCUT2D eigenvalue weighted by Crippen LogP contribution is 2.27. The van der Waals surface area contributed by atoms with E-state index in [1.165, 1.54) is 13.1 Å². The Morgan fingerprint density at radius 1 is 1.03 bits per heavy atom. The number of nitriles is 1. The molecule has 1 amide bonds. The summed E-state index contributed by atoms with van der Waals surface area (Å²) in [5.74, 6) is 1.10. The molecule has 0 saturated carbocycles. The molecule has 0 aromatic heterocycles. The number of carbonyl (C=O) groups is 1. The number of rotatable bonds is 10. The molecule has 1 N–H and O–H groups in total. The minimum Gasteiger partial charge on any atom is -0.479 e. The fourth-order valence-electron chi connectivity index (χ4n) is 3.12. The van der Waals surface area contributed by atoms with Gasteiger partial charge in [-0.3, -0.25) is 9.10 Å². The molecule has 3 aromatic carbocycles. The van der Waals surface area contributed by atoms with E-state index in [4.69, 9.17) is 14.7 Å². The maximum atomic E-state index is 12.7. The molecule has 0 aliphatic heterocycles. The molecule has 35 heavy (non-hydrogen) atoms. The first-order valence-electron chi connectivity index (χ1n) is 10.5. The van der Waals surface area contributed by atoms with Crippen molar-refractivity contribution < 1.29 is 22.7 Å². The summed E-state index contributed by atoms with van der Waals surface area (Å²) in [6, 6.07) is 23.1. The molecule has 0 aliphatic rings. The van der Waals surface area contributed by atoms with Gasteiger partial charge < -0.3 is 9.47 Å². The Bertz CT molecular complexity index is 1300. The smallest absolute Gasteiger partial charge is 0.263 e. The van der Waals surface area contributed by atoms with Crippen LogP contribution in [0.4, 0.5) is 5.69 Å². The Hall–Kier alpha value is -4.36. The fourth-order valence-corrected chi connectivity index (χ4v) is 4.30. The molecule has 0 bridgehead atoms. The molecule has 3 aromatic rings. The van der Waals surface area contributed by atoms with Crippen molar-refractivity contribution in [1.29, 1.82) is 5.26 Å². The quantitative estimate of drug-likeness (QED) is 0.340. The van der Waals surface area contributed by atoms with E-state index in [2.05, 4.69) is 10.5 Å². The van der Waals surface area contributed by atoms with E-state index in [0.29, 0.717) is 28.5 Å². The molecular weight excluding hydrogens is 468 g/mol. The van der Waals surface area contributed by atoms with Crippen LogP contribution in [0.15, 0.2) is 84.0 Å². The van der Waals surface area contributed by atoms with Crippen LogP contribution in [0, 0.1) is 11.3 Å². The molecule has 3 rings (SSSR count). The number of amides is 1. The lowest BCUT2D eigenvalue weighted by Gasteiger charge is -2.27. The summed E-state index contributed by atoms with van der Waals surface area (Å²) in [5, 5.41) is 12.5. The van der Waals surface area contributed by atoms with Gasteiger partial charge in [0.2, 0.25) is 10.0 Å². The Morgan fingerprint density at radius 3 is 2.23 bits per heavy atom. The van der Waals surface area contributed by atoms with Gasteiger partial charge in [-0.05, 0) is 73.2 Å². The zero-order valence-electron chi connectivity index (χ0n) is 19.2.